The van der Waals surface area contributed by atoms with Crippen molar-refractivity contribution < 1.29 is 23.8 Å². The molecule has 0 fully saturated rings. The van der Waals surface area contributed by atoms with Crippen LogP contribution in [0.15, 0.2) is 83.1 Å². The highest BCUT2D eigenvalue weighted by Crippen LogP contribution is 2.29. The van der Waals surface area contributed by atoms with Crippen LogP contribution >= 0.6 is 11.8 Å². The maximum atomic E-state index is 12.6. The van der Waals surface area contributed by atoms with Gasteiger partial charge in [0.1, 0.15) is 17.2 Å². The summed E-state index contributed by atoms with van der Waals surface area (Å²) in [5.41, 5.74) is 5.62. The van der Waals surface area contributed by atoms with Crippen molar-refractivity contribution in [2.75, 3.05) is 20.0 Å². The van der Waals surface area contributed by atoms with Crippen LogP contribution in [-0.4, -0.2) is 52.3 Å². The minimum absolute atomic E-state index is 0.0685. The molecule has 0 bridgehead atoms. The number of aromatic nitrogens is 3. The molecule has 0 spiro atoms. The summed E-state index contributed by atoms with van der Waals surface area (Å²) in [4.78, 5) is 23.7. The van der Waals surface area contributed by atoms with Crippen LogP contribution in [0.2, 0.25) is 0 Å². The topological polar surface area (TPSA) is 117 Å². The zero-order valence-corrected chi connectivity index (χ0v) is 22.7. The van der Waals surface area contributed by atoms with Crippen LogP contribution in [0.3, 0.4) is 0 Å². The summed E-state index contributed by atoms with van der Waals surface area (Å²) < 4.78 is 17.5. The summed E-state index contributed by atoms with van der Waals surface area (Å²) in [7, 11) is 3.22. The summed E-state index contributed by atoms with van der Waals surface area (Å²) in [6.45, 7) is 3.11. The van der Waals surface area contributed by atoms with Crippen molar-refractivity contribution in [2.24, 2.45) is 5.10 Å². The molecule has 0 atom stereocenters. The number of amides is 1. The number of esters is 1. The molecule has 39 heavy (non-hydrogen) atoms. The second-order valence-corrected chi connectivity index (χ2v) is 9.15. The maximum absolute atomic E-state index is 12.6. The Hall–Kier alpha value is -4.64. The van der Waals surface area contributed by atoms with Gasteiger partial charge in [-0.2, -0.15) is 5.10 Å². The quantitative estimate of drug-likeness (QED) is 0.102. The van der Waals surface area contributed by atoms with Gasteiger partial charge in [-0.15, -0.1) is 10.2 Å². The van der Waals surface area contributed by atoms with Crippen LogP contribution < -0.4 is 19.6 Å². The van der Waals surface area contributed by atoms with Gasteiger partial charge < -0.3 is 14.2 Å². The van der Waals surface area contributed by atoms with Crippen molar-refractivity contribution in [2.45, 2.75) is 19.0 Å². The number of thioether (sulfide) groups is 1. The Morgan fingerprint density at radius 3 is 2.03 bits per heavy atom. The molecule has 3 aromatic carbocycles. The maximum Gasteiger partial charge on any atom is 0.308 e. The molecule has 1 amide bonds. The average molecular weight is 546 g/mol. The molecule has 200 valence electrons. The highest BCUT2D eigenvalue weighted by atomic mass is 32.2. The fourth-order valence-corrected chi connectivity index (χ4v) is 4.30. The van der Waals surface area contributed by atoms with E-state index in [2.05, 4.69) is 20.7 Å². The lowest BCUT2D eigenvalue weighted by molar-refractivity contribution is -0.131. The van der Waals surface area contributed by atoms with Crippen molar-refractivity contribution in [3.8, 4) is 34.3 Å². The lowest BCUT2D eigenvalue weighted by Crippen LogP contribution is -2.21. The Balaban J connectivity index is 1.49. The normalized spacial score (nSPS) is 11.1. The molecule has 0 radical (unpaired) electrons. The number of ether oxygens (including phenoxy) is 3. The standard InChI is InChI=1S/C28H27N5O5S/c1-18(20-5-13-25(14-6-20)38-19(2)34)29-30-26(35)17-39-28-32-31-27(21-7-11-23(36-3)12-8-21)33(28)22-9-15-24(37-4)16-10-22/h5-16H,17H2,1-4H3,(H,30,35). The number of carbonyl (C=O) groups excluding carboxylic acids is 2. The number of methoxy groups -OCH3 is 2. The molecule has 0 aliphatic heterocycles. The molecule has 10 nitrogen and oxygen atoms in total. The molecule has 1 N–H and O–H groups in total. The van der Waals surface area contributed by atoms with E-state index in [-0.39, 0.29) is 11.7 Å². The van der Waals surface area contributed by atoms with Crippen molar-refractivity contribution >= 4 is 29.4 Å². The van der Waals surface area contributed by atoms with Crippen molar-refractivity contribution in [1.82, 2.24) is 20.2 Å². The van der Waals surface area contributed by atoms with Crippen LogP contribution in [0.5, 0.6) is 17.2 Å². The molecular formula is C28H27N5O5S. The number of carbonyl (C=O) groups is 2. The van der Waals surface area contributed by atoms with E-state index in [0.717, 1.165) is 28.3 Å². The molecule has 0 aliphatic rings. The Morgan fingerprint density at radius 1 is 0.846 bits per heavy atom. The fraction of sp³-hybridized carbons (Fsp3) is 0.179. The minimum atomic E-state index is -0.392. The summed E-state index contributed by atoms with van der Waals surface area (Å²) in [5, 5.41) is 13.5. The highest BCUT2D eigenvalue weighted by molar-refractivity contribution is 7.99. The number of nitrogens with zero attached hydrogens (tertiary/aromatic N) is 4. The van der Waals surface area contributed by atoms with Crippen LogP contribution in [-0.2, 0) is 9.59 Å². The third-order valence-corrected chi connectivity index (χ3v) is 6.46. The molecule has 11 heteroatoms. The highest BCUT2D eigenvalue weighted by Gasteiger charge is 2.18. The number of rotatable bonds is 10. The van der Waals surface area contributed by atoms with Crippen LogP contribution in [0.25, 0.3) is 17.1 Å². The number of hydrogen-bond donors (Lipinski definition) is 1. The van der Waals surface area contributed by atoms with Gasteiger partial charge in [0.15, 0.2) is 11.0 Å². The van der Waals surface area contributed by atoms with Gasteiger partial charge in [0.25, 0.3) is 5.91 Å². The first kappa shape index (κ1) is 27.4. The summed E-state index contributed by atoms with van der Waals surface area (Å²) in [6, 6.07) is 21.9. The number of hydrogen-bond acceptors (Lipinski definition) is 9. The van der Waals surface area contributed by atoms with Crippen LogP contribution in [0.1, 0.15) is 19.4 Å². The Morgan fingerprint density at radius 2 is 1.44 bits per heavy atom. The van der Waals surface area contributed by atoms with E-state index < -0.39 is 5.97 Å². The molecular weight excluding hydrogens is 518 g/mol. The van der Waals surface area contributed by atoms with Gasteiger partial charge in [0.05, 0.1) is 25.7 Å². The molecule has 0 aliphatic carbocycles. The molecule has 4 rings (SSSR count). The smallest absolute Gasteiger partial charge is 0.308 e. The number of hydrazone groups is 1. The number of benzene rings is 3. The van der Waals surface area contributed by atoms with E-state index in [1.165, 1.54) is 18.7 Å². The SMILES string of the molecule is COc1ccc(-c2nnc(SCC(=O)NN=C(C)c3ccc(OC(C)=O)cc3)n2-c2ccc(OC)cc2)cc1. The monoisotopic (exact) mass is 545 g/mol. The van der Waals surface area contributed by atoms with Crippen molar-refractivity contribution in [3.05, 3.63) is 78.4 Å². The van der Waals surface area contributed by atoms with Gasteiger partial charge in [-0.3, -0.25) is 14.2 Å². The first-order chi connectivity index (χ1) is 18.9. The van der Waals surface area contributed by atoms with E-state index in [1.807, 2.05) is 53.1 Å². The van der Waals surface area contributed by atoms with E-state index in [4.69, 9.17) is 14.2 Å². The fourth-order valence-electron chi connectivity index (χ4n) is 3.56. The Bertz CT molecular complexity index is 1470. The van der Waals surface area contributed by atoms with E-state index >= 15 is 0 Å². The van der Waals surface area contributed by atoms with Gasteiger partial charge in [-0.25, -0.2) is 5.43 Å². The second kappa shape index (κ2) is 12.7. The van der Waals surface area contributed by atoms with Gasteiger partial charge in [0.2, 0.25) is 0 Å². The van der Waals surface area contributed by atoms with Gasteiger partial charge >= 0.3 is 5.97 Å². The zero-order valence-electron chi connectivity index (χ0n) is 21.9. The Labute approximate surface area is 230 Å². The molecule has 0 unspecified atom stereocenters. The summed E-state index contributed by atoms with van der Waals surface area (Å²) >= 11 is 1.24. The average Bonchev–Trinajstić information content (AvgIpc) is 3.39. The zero-order chi connectivity index (χ0) is 27.8. The molecule has 1 aromatic heterocycles. The van der Waals surface area contributed by atoms with Gasteiger partial charge in [-0.1, -0.05) is 11.8 Å². The second-order valence-electron chi connectivity index (χ2n) is 8.21. The molecule has 0 saturated carbocycles. The number of nitrogens with one attached hydrogen (secondary N) is 1. The van der Waals surface area contributed by atoms with Crippen LogP contribution in [0, 0.1) is 0 Å². The Kier molecular flexibility index (Phi) is 8.95. The first-order valence-electron chi connectivity index (χ1n) is 11.9. The van der Waals surface area contributed by atoms with Crippen molar-refractivity contribution in [1.29, 1.82) is 0 Å². The predicted octanol–water partition coefficient (Wildman–Crippen LogP) is 4.51. The molecule has 0 saturated heterocycles. The van der Waals surface area contributed by atoms with E-state index in [0.29, 0.717) is 22.4 Å². The lowest BCUT2D eigenvalue weighted by atomic mass is 10.1. The van der Waals surface area contributed by atoms with Crippen molar-refractivity contribution in [3.63, 3.8) is 0 Å². The third-order valence-electron chi connectivity index (χ3n) is 5.53. The van der Waals surface area contributed by atoms with E-state index in [9.17, 15) is 9.59 Å². The largest absolute Gasteiger partial charge is 0.497 e. The van der Waals surface area contributed by atoms with Gasteiger partial charge in [0, 0.05) is 18.2 Å². The van der Waals surface area contributed by atoms with Crippen LogP contribution in [0.4, 0.5) is 0 Å². The summed E-state index contributed by atoms with van der Waals surface area (Å²) in [6.07, 6.45) is 0. The van der Waals surface area contributed by atoms with E-state index in [1.54, 1.807) is 45.4 Å². The third kappa shape index (κ3) is 7.02. The predicted molar refractivity (Wildman–Crippen MR) is 149 cm³/mol. The first-order valence-corrected chi connectivity index (χ1v) is 12.9. The molecule has 4 aromatic rings. The summed E-state index contributed by atoms with van der Waals surface area (Å²) in [5.74, 6) is 1.89. The van der Waals surface area contributed by atoms with Gasteiger partial charge in [-0.05, 0) is 85.3 Å². The lowest BCUT2D eigenvalue weighted by Gasteiger charge is -2.11. The minimum Gasteiger partial charge on any atom is -0.497 e. The molecule has 1 heterocycles.